The first-order valence-electron chi connectivity index (χ1n) is 7.91. The highest BCUT2D eigenvalue weighted by Gasteiger charge is 2.21. The van der Waals surface area contributed by atoms with E-state index in [4.69, 9.17) is 5.73 Å². The monoisotopic (exact) mass is 291 g/mol. The summed E-state index contributed by atoms with van der Waals surface area (Å²) in [6.45, 7) is 8.33. The first kappa shape index (κ1) is 17.5. The largest absolute Gasteiger partial charge is 0.360 e. The van der Waals surface area contributed by atoms with E-state index in [0.29, 0.717) is 6.54 Å². The zero-order valence-electron chi connectivity index (χ0n) is 13.6. The first-order chi connectivity index (χ1) is 10.1. The summed E-state index contributed by atoms with van der Waals surface area (Å²) in [4.78, 5) is 14.5. The van der Waals surface area contributed by atoms with Crippen LogP contribution in [0.5, 0.6) is 0 Å². The van der Waals surface area contributed by atoms with Crippen molar-refractivity contribution in [3.63, 3.8) is 0 Å². The van der Waals surface area contributed by atoms with Crippen molar-refractivity contribution in [2.75, 3.05) is 24.5 Å². The number of anilines is 1. The minimum atomic E-state index is -0.186. The van der Waals surface area contributed by atoms with Crippen LogP contribution < -0.4 is 16.0 Å². The van der Waals surface area contributed by atoms with Gasteiger partial charge in [0.25, 0.3) is 0 Å². The third kappa shape index (κ3) is 5.38. The van der Waals surface area contributed by atoms with Crippen LogP contribution in [-0.4, -0.2) is 31.6 Å². The van der Waals surface area contributed by atoms with Crippen LogP contribution in [0.25, 0.3) is 0 Å². The molecule has 0 aliphatic carbocycles. The molecule has 118 valence electrons. The van der Waals surface area contributed by atoms with E-state index in [1.165, 1.54) is 5.56 Å². The fourth-order valence-electron chi connectivity index (χ4n) is 2.35. The Bertz CT molecular complexity index is 434. The number of carbonyl (C=O) groups is 1. The summed E-state index contributed by atoms with van der Waals surface area (Å²) in [5, 5.41) is 3.02. The number of para-hydroxylation sites is 1. The molecule has 0 bridgehead atoms. The average Bonchev–Trinajstić information content (AvgIpc) is 2.49. The van der Waals surface area contributed by atoms with E-state index < -0.39 is 0 Å². The molecule has 0 saturated heterocycles. The van der Waals surface area contributed by atoms with Crippen LogP contribution >= 0.6 is 0 Å². The lowest BCUT2D eigenvalue weighted by atomic mass is 10.1. The first-order valence-corrected chi connectivity index (χ1v) is 7.91. The number of hydrogen-bond acceptors (Lipinski definition) is 3. The van der Waals surface area contributed by atoms with Gasteiger partial charge in [-0.05, 0) is 44.9 Å². The van der Waals surface area contributed by atoms with Gasteiger partial charge in [-0.3, -0.25) is 4.79 Å². The second-order valence-electron chi connectivity index (χ2n) is 5.44. The highest BCUT2D eigenvalue weighted by molar-refractivity contribution is 5.85. The van der Waals surface area contributed by atoms with Crippen LogP contribution in [0.1, 0.15) is 38.7 Å². The van der Waals surface area contributed by atoms with E-state index in [9.17, 15) is 4.79 Å². The van der Waals surface area contributed by atoms with Crippen LogP contribution in [0.2, 0.25) is 0 Å². The molecule has 4 heteroatoms. The molecule has 0 aromatic heterocycles. The summed E-state index contributed by atoms with van der Waals surface area (Å²) >= 11 is 0. The van der Waals surface area contributed by atoms with Crippen molar-refractivity contribution in [2.24, 2.45) is 5.73 Å². The quantitative estimate of drug-likeness (QED) is 0.687. The van der Waals surface area contributed by atoms with Gasteiger partial charge >= 0.3 is 0 Å². The molecule has 1 unspecified atom stereocenters. The second kappa shape index (κ2) is 9.40. The molecule has 3 N–H and O–H groups in total. The molecule has 0 aliphatic heterocycles. The average molecular weight is 291 g/mol. The molecule has 0 spiro atoms. The Hall–Kier alpha value is -1.55. The number of aryl methyl sites for hydroxylation is 1. The highest BCUT2D eigenvalue weighted by atomic mass is 16.2. The van der Waals surface area contributed by atoms with E-state index in [0.717, 1.165) is 38.0 Å². The number of nitrogens with two attached hydrogens (primary N) is 1. The Labute approximate surface area is 128 Å². The third-order valence-corrected chi connectivity index (χ3v) is 3.70. The predicted molar refractivity (Wildman–Crippen MR) is 89.6 cm³/mol. The summed E-state index contributed by atoms with van der Waals surface area (Å²) in [6, 6.07) is 7.99. The lowest BCUT2D eigenvalue weighted by Gasteiger charge is -2.31. The number of amides is 1. The van der Waals surface area contributed by atoms with Gasteiger partial charge < -0.3 is 16.0 Å². The molecule has 1 rings (SSSR count). The molecule has 0 fully saturated rings. The minimum absolute atomic E-state index is 0.0868. The van der Waals surface area contributed by atoms with Crippen LogP contribution in [-0.2, 0) is 4.79 Å². The number of unbranched alkanes of at least 4 members (excludes halogenated alkanes) is 1. The number of carbonyl (C=O) groups excluding carboxylic acids is 1. The fraction of sp³-hybridized carbons (Fsp3) is 0.588. The fourth-order valence-corrected chi connectivity index (χ4v) is 2.35. The van der Waals surface area contributed by atoms with E-state index in [-0.39, 0.29) is 11.9 Å². The topological polar surface area (TPSA) is 58.4 Å². The Morgan fingerprint density at radius 2 is 2.05 bits per heavy atom. The molecule has 21 heavy (non-hydrogen) atoms. The molecule has 0 aliphatic rings. The molecule has 1 aromatic carbocycles. The van der Waals surface area contributed by atoms with E-state index in [1.54, 1.807) is 0 Å². The molecule has 0 radical (unpaired) electrons. The van der Waals surface area contributed by atoms with Gasteiger partial charge in [0.1, 0.15) is 6.04 Å². The van der Waals surface area contributed by atoms with Crippen molar-refractivity contribution in [1.29, 1.82) is 0 Å². The molecule has 1 atom stereocenters. The smallest absolute Gasteiger partial charge is 0.242 e. The van der Waals surface area contributed by atoms with Gasteiger partial charge in [-0.15, -0.1) is 0 Å². The van der Waals surface area contributed by atoms with E-state index in [2.05, 4.69) is 36.2 Å². The van der Waals surface area contributed by atoms with E-state index in [1.807, 2.05) is 19.1 Å². The molecule has 4 nitrogen and oxygen atoms in total. The molecule has 0 heterocycles. The second-order valence-corrected chi connectivity index (χ2v) is 5.44. The maximum absolute atomic E-state index is 12.3. The van der Waals surface area contributed by atoms with Crippen molar-refractivity contribution in [1.82, 2.24) is 5.32 Å². The van der Waals surface area contributed by atoms with Gasteiger partial charge in [0.2, 0.25) is 5.91 Å². The highest BCUT2D eigenvalue weighted by Crippen LogP contribution is 2.22. The zero-order valence-corrected chi connectivity index (χ0v) is 13.6. The van der Waals surface area contributed by atoms with Gasteiger partial charge in [0, 0.05) is 18.8 Å². The van der Waals surface area contributed by atoms with Crippen LogP contribution in [0.15, 0.2) is 24.3 Å². The van der Waals surface area contributed by atoms with Gasteiger partial charge in [-0.25, -0.2) is 0 Å². The summed E-state index contributed by atoms with van der Waals surface area (Å²) in [5.74, 6) is 0.0868. The molecule has 0 saturated carbocycles. The number of rotatable bonds is 9. The van der Waals surface area contributed by atoms with Crippen LogP contribution in [0.4, 0.5) is 5.69 Å². The maximum atomic E-state index is 12.3. The van der Waals surface area contributed by atoms with Crippen molar-refractivity contribution in [2.45, 2.75) is 46.1 Å². The number of benzene rings is 1. The van der Waals surface area contributed by atoms with Crippen molar-refractivity contribution in [3.8, 4) is 0 Å². The number of hydrogen-bond donors (Lipinski definition) is 2. The van der Waals surface area contributed by atoms with Crippen molar-refractivity contribution < 1.29 is 4.79 Å². The SMILES string of the molecule is CCCCNC(=O)C(C)N(CCCN)c1ccccc1C. The Morgan fingerprint density at radius 3 is 2.67 bits per heavy atom. The minimum Gasteiger partial charge on any atom is -0.360 e. The zero-order chi connectivity index (χ0) is 15.7. The molecule has 1 aromatic rings. The summed E-state index contributed by atoms with van der Waals surface area (Å²) < 4.78 is 0. The lowest BCUT2D eigenvalue weighted by molar-refractivity contribution is -0.122. The van der Waals surface area contributed by atoms with Gasteiger partial charge in [-0.2, -0.15) is 0 Å². The van der Waals surface area contributed by atoms with Gasteiger partial charge in [-0.1, -0.05) is 31.5 Å². The summed E-state index contributed by atoms with van der Waals surface area (Å²) in [5.41, 5.74) is 7.94. The Morgan fingerprint density at radius 1 is 1.33 bits per heavy atom. The number of nitrogens with one attached hydrogen (secondary N) is 1. The number of nitrogens with zero attached hydrogens (tertiary/aromatic N) is 1. The van der Waals surface area contributed by atoms with Crippen molar-refractivity contribution >= 4 is 11.6 Å². The molecular weight excluding hydrogens is 262 g/mol. The maximum Gasteiger partial charge on any atom is 0.242 e. The van der Waals surface area contributed by atoms with E-state index >= 15 is 0 Å². The van der Waals surface area contributed by atoms with Crippen molar-refractivity contribution in [3.05, 3.63) is 29.8 Å². The lowest BCUT2D eigenvalue weighted by Crippen LogP contribution is -2.46. The third-order valence-electron chi connectivity index (χ3n) is 3.70. The van der Waals surface area contributed by atoms with Gasteiger partial charge in [0.05, 0.1) is 0 Å². The normalized spacial score (nSPS) is 12.0. The standard InChI is InChI=1S/C17H29N3O/c1-4-5-12-19-17(21)15(3)20(13-8-11-18)16-10-7-6-9-14(16)2/h6-7,9-10,15H,4-5,8,11-13,18H2,1-3H3,(H,19,21). The predicted octanol–water partition coefficient (Wildman–Crippen LogP) is 2.46. The Balaban J connectivity index is 2.81. The molecule has 1 amide bonds. The molecular formula is C17H29N3O. The van der Waals surface area contributed by atoms with Crippen LogP contribution in [0, 0.1) is 6.92 Å². The van der Waals surface area contributed by atoms with Gasteiger partial charge in [0.15, 0.2) is 0 Å². The van der Waals surface area contributed by atoms with Crippen LogP contribution in [0.3, 0.4) is 0 Å². The summed E-state index contributed by atoms with van der Waals surface area (Å²) in [7, 11) is 0. The Kier molecular flexibility index (Phi) is 7.83. The summed E-state index contributed by atoms with van der Waals surface area (Å²) in [6.07, 6.45) is 2.98.